The second kappa shape index (κ2) is 7.45. The predicted molar refractivity (Wildman–Crippen MR) is 71.2 cm³/mol. The summed E-state index contributed by atoms with van der Waals surface area (Å²) in [5, 5.41) is 17.2. The SMILES string of the molecule is Cl.Cl.O=[N+]([O-])c1cccc(C2CNCCN2)c1. The first kappa shape index (κ1) is 16.1. The predicted octanol–water partition coefficient (Wildman–Crippen LogP) is 1.67. The van der Waals surface area contributed by atoms with Crippen LogP contribution in [-0.4, -0.2) is 24.6 Å². The van der Waals surface area contributed by atoms with Gasteiger partial charge in [-0.2, -0.15) is 0 Å². The van der Waals surface area contributed by atoms with E-state index in [0.717, 1.165) is 25.2 Å². The number of nitro benzene ring substituents is 1. The molecule has 0 saturated carbocycles. The topological polar surface area (TPSA) is 67.2 Å². The first-order chi connectivity index (χ1) is 7.27. The molecule has 1 fully saturated rings. The van der Waals surface area contributed by atoms with E-state index in [1.54, 1.807) is 12.1 Å². The molecule has 96 valence electrons. The van der Waals surface area contributed by atoms with Crippen molar-refractivity contribution >= 4 is 30.5 Å². The Balaban J connectivity index is 0.00000128. The molecule has 1 aliphatic rings. The fraction of sp³-hybridized carbons (Fsp3) is 0.400. The molecule has 1 heterocycles. The van der Waals surface area contributed by atoms with E-state index in [4.69, 9.17) is 0 Å². The summed E-state index contributed by atoms with van der Waals surface area (Å²) in [5.74, 6) is 0. The van der Waals surface area contributed by atoms with Gasteiger partial charge in [0.15, 0.2) is 0 Å². The quantitative estimate of drug-likeness (QED) is 0.639. The average Bonchev–Trinajstić information content (AvgIpc) is 2.30. The van der Waals surface area contributed by atoms with Crippen molar-refractivity contribution < 1.29 is 4.92 Å². The summed E-state index contributed by atoms with van der Waals surface area (Å²) in [5.41, 5.74) is 1.12. The number of non-ortho nitro benzene ring substituents is 1. The molecular formula is C10H15Cl2N3O2. The van der Waals surface area contributed by atoms with Crippen molar-refractivity contribution in [3.05, 3.63) is 39.9 Å². The number of nitrogens with one attached hydrogen (secondary N) is 2. The monoisotopic (exact) mass is 279 g/mol. The standard InChI is InChI=1S/C10H13N3O2.2ClH/c14-13(15)9-3-1-2-8(6-9)10-7-11-4-5-12-10;;/h1-3,6,10-12H,4-5,7H2;2*1H. The van der Waals surface area contributed by atoms with Crippen molar-refractivity contribution in [1.29, 1.82) is 0 Å². The Morgan fingerprint density at radius 2 is 2.06 bits per heavy atom. The molecule has 0 aromatic heterocycles. The van der Waals surface area contributed by atoms with Crippen LogP contribution < -0.4 is 10.6 Å². The lowest BCUT2D eigenvalue weighted by molar-refractivity contribution is -0.384. The van der Waals surface area contributed by atoms with Gasteiger partial charge in [0.25, 0.3) is 5.69 Å². The van der Waals surface area contributed by atoms with Gasteiger partial charge in [-0.1, -0.05) is 12.1 Å². The number of nitrogens with zero attached hydrogens (tertiary/aromatic N) is 1. The fourth-order valence-electron chi connectivity index (χ4n) is 1.74. The van der Waals surface area contributed by atoms with Gasteiger partial charge in [-0.15, -0.1) is 24.8 Å². The van der Waals surface area contributed by atoms with Crippen molar-refractivity contribution in [3.8, 4) is 0 Å². The van der Waals surface area contributed by atoms with Gasteiger partial charge in [0.1, 0.15) is 0 Å². The first-order valence-corrected chi connectivity index (χ1v) is 4.96. The van der Waals surface area contributed by atoms with Crippen molar-refractivity contribution in [1.82, 2.24) is 10.6 Å². The Hall–Kier alpha value is -0.880. The van der Waals surface area contributed by atoms with Crippen LogP contribution in [0.25, 0.3) is 0 Å². The minimum atomic E-state index is -0.361. The lowest BCUT2D eigenvalue weighted by Crippen LogP contribution is -2.42. The van der Waals surface area contributed by atoms with Gasteiger partial charge in [0, 0.05) is 37.8 Å². The van der Waals surface area contributed by atoms with Crippen LogP contribution in [0.3, 0.4) is 0 Å². The molecule has 1 saturated heterocycles. The largest absolute Gasteiger partial charge is 0.314 e. The first-order valence-electron chi connectivity index (χ1n) is 4.96. The van der Waals surface area contributed by atoms with Crippen LogP contribution in [0.2, 0.25) is 0 Å². The number of hydrogen-bond acceptors (Lipinski definition) is 4. The third-order valence-corrected chi connectivity index (χ3v) is 2.52. The molecule has 0 radical (unpaired) electrons. The summed E-state index contributed by atoms with van der Waals surface area (Å²) in [6.45, 7) is 2.67. The summed E-state index contributed by atoms with van der Waals surface area (Å²) in [6.07, 6.45) is 0. The van der Waals surface area contributed by atoms with Gasteiger partial charge in [-0.3, -0.25) is 10.1 Å². The van der Waals surface area contributed by atoms with Crippen LogP contribution in [0.4, 0.5) is 5.69 Å². The van der Waals surface area contributed by atoms with Gasteiger partial charge in [0.2, 0.25) is 0 Å². The van der Waals surface area contributed by atoms with E-state index in [9.17, 15) is 10.1 Å². The molecular weight excluding hydrogens is 265 g/mol. The average molecular weight is 280 g/mol. The molecule has 2 N–H and O–H groups in total. The van der Waals surface area contributed by atoms with Crippen molar-refractivity contribution in [2.75, 3.05) is 19.6 Å². The molecule has 0 spiro atoms. The molecule has 0 bridgehead atoms. The number of piperazine rings is 1. The van der Waals surface area contributed by atoms with Crippen LogP contribution in [0.1, 0.15) is 11.6 Å². The highest BCUT2D eigenvalue weighted by atomic mass is 35.5. The lowest BCUT2D eigenvalue weighted by atomic mass is 10.0. The third kappa shape index (κ3) is 4.12. The molecule has 1 atom stereocenters. The maximum Gasteiger partial charge on any atom is 0.269 e. The van der Waals surface area contributed by atoms with Crippen molar-refractivity contribution in [2.24, 2.45) is 0 Å². The van der Waals surface area contributed by atoms with Crippen LogP contribution in [0.15, 0.2) is 24.3 Å². The minimum Gasteiger partial charge on any atom is -0.314 e. The highest BCUT2D eigenvalue weighted by Crippen LogP contribution is 2.19. The summed E-state index contributed by atoms with van der Waals surface area (Å²) >= 11 is 0. The van der Waals surface area contributed by atoms with Gasteiger partial charge < -0.3 is 10.6 Å². The molecule has 17 heavy (non-hydrogen) atoms. The number of benzene rings is 1. The number of hydrogen-bond donors (Lipinski definition) is 2. The zero-order valence-corrected chi connectivity index (χ0v) is 10.7. The summed E-state index contributed by atoms with van der Waals surface area (Å²) < 4.78 is 0. The van der Waals surface area contributed by atoms with Crippen LogP contribution in [0.5, 0.6) is 0 Å². The maximum atomic E-state index is 10.6. The second-order valence-electron chi connectivity index (χ2n) is 3.56. The Morgan fingerprint density at radius 3 is 2.65 bits per heavy atom. The Kier molecular flexibility index (Phi) is 7.06. The van der Waals surface area contributed by atoms with E-state index in [1.165, 1.54) is 6.07 Å². The smallest absolute Gasteiger partial charge is 0.269 e. The number of halogens is 2. The van der Waals surface area contributed by atoms with E-state index in [0.29, 0.717) is 0 Å². The summed E-state index contributed by atoms with van der Waals surface area (Å²) in [6, 6.07) is 6.96. The van der Waals surface area contributed by atoms with Crippen LogP contribution >= 0.6 is 24.8 Å². The Bertz CT molecular complexity index is 370. The fourth-order valence-corrected chi connectivity index (χ4v) is 1.74. The zero-order chi connectivity index (χ0) is 10.7. The highest BCUT2D eigenvalue weighted by Gasteiger charge is 2.16. The molecule has 7 heteroatoms. The third-order valence-electron chi connectivity index (χ3n) is 2.52. The van der Waals surface area contributed by atoms with Crippen molar-refractivity contribution in [2.45, 2.75) is 6.04 Å². The van der Waals surface area contributed by atoms with E-state index >= 15 is 0 Å². The molecule has 1 aliphatic heterocycles. The molecule has 0 aliphatic carbocycles. The molecule has 1 aromatic carbocycles. The van der Waals surface area contributed by atoms with Crippen LogP contribution in [0, 0.1) is 10.1 Å². The lowest BCUT2D eigenvalue weighted by Gasteiger charge is -2.24. The molecule has 1 aromatic rings. The van der Waals surface area contributed by atoms with E-state index in [-0.39, 0.29) is 41.5 Å². The second-order valence-corrected chi connectivity index (χ2v) is 3.56. The van der Waals surface area contributed by atoms with Gasteiger partial charge in [-0.25, -0.2) is 0 Å². The molecule has 2 rings (SSSR count). The van der Waals surface area contributed by atoms with E-state index in [2.05, 4.69) is 10.6 Å². The van der Waals surface area contributed by atoms with Gasteiger partial charge >= 0.3 is 0 Å². The van der Waals surface area contributed by atoms with Gasteiger partial charge in [-0.05, 0) is 5.56 Å². The van der Waals surface area contributed by atoms with Crippen molar-refractivity contribution in [3.63, 3.8) is 0 Å². The summed E-state index contributed by atoms with van der Waals surface area (Å²) in [4.78, 5) is 10.2. The number of rotatable bonds is 2. The number of nitro groups is 1. The minimum absolute atomic E-state index is 0. The Labute approximate surface area is 112 Å². The molecule has 5 nitrogen and oxygen atoms in total. The summed E-state index contributed by atoms with van der Waals surface area (Å²) in [7, 11) is 0. The Morgan fingerprint density at radius 1 is 1.29 bits per heavy atom. The normalized spacial score (nSPS) is 18.7. The van der Waals surface area contributed by atoms with E-state index < -0.39 is 0 Å². The van der Waals surface area contributed by atoms with E-state index in [1.807, 2.05) is 6.07 Å². The highest BCUT2D eigenvalue weighted by molar-refractivity contribution is 5.85. The maximum absolute atomic E-state index is 10.6. The molecule has 1 unspecified atom stereocenters. The molecule has 0 amide bonds. The zero-order valence-electron chi connectivity index (χ0n) is 9.09. The van der Waals surface area contributed by atoms with Gasteiger partial charge in [0.05, 0.1) is 4.92 Å². The van der Waals surface area contributed by atoms with Crippen LogP contribution in [-0.2, 0) is 0 Å².